The maximum absolute atomic E-state index is 12.9. The van der Waals surface area contributed by atoms with Gasteiger partial charge in [0.25, 0.3) is 0 Å². The van der Waals surface area contributed by atoms with Gasteiger partial charge in [0.15, 0.2) is 17.4 Å². The lowest BCUT2D eigenvalue weighted by Gasteiger charge is -2.31. The van der Waals surface area contributed by atoms with Crippen LogP contribution in [0.4, 0.5) is 0 Å². The third-order valence-electron chi connectivity index (χ3n) is 5.32. The number of carbonyl (C=O) groups excluding carboxylic acids is 3. The Labute approximate surface area is 182 Å². The van der Waals surface area contributed by atoms with Crippen LogP contribution in [0, 0.1) is 5.53 Å². The second-order valence-corrected chi connectivity index (χ2v) is 8.07. The number of esters is 2. The van der Waals surface area contributed by atoms with Gasteiger partial charge in [-0.15, -0.1) is 0 Å². The van der Waals surface area contributed by atoms with Gasteiger partial charge in [-0.1, -0.05) is 65.7 Å². The van der Waals surface area contributed by atoms with Crippen molar-refractivity contribution in [1.29, 1.82) is 5.53 Å². The number of nitrogens with zero attached hydrogens (tertiary/aromatic N) is 1. The highest BCUT2D eigenvalue weighted by molar-refractivity contribution is 5.89. The zero-order chi connectivity index (χ0) is 22.8. The molecule has 0 saturated carbocycles. The lowest BCUT2D eigenvalue weighted by Crippen LogP contribution is -2.50. The van der Waals surface area contributed by atoms with Gasteiger partial charge in [0.2, 0.25) is 0 Å². The van der Waals surface area contributed by atoms with Crippen LogP contribution >= 0.6 is 0 Å². The monoisotopic (exact) mass is 426 g/mol. The smallest absolute Gasteiger partial charge is 0.306 e. The summed E-state index contributed by atoms with van der Waals surface area (Å²) < 4.78 is 10.8. The largest absolute Gasteiger partial charge is 0.462 e. The molecule has 0 radical (unpaired) electrons. The topological polar surface area (TPSA) is 106 Å². The molecule has 1 N–H and O–H groups in total. The van der Waals surface area contributed by atoms with Gasteiger partial charge in [-0.25, -0.2) is 5.53 Å². The molecule has 0 bridgehead atoms. The molecule has 0 amide bonds. The van der Waals surface area contributed by atoms with Gasteiger partial charge in [0.05, 0.1) is 0 Å². The predicted molar refractivity (Wildman–Crippen MR) is 116 cm³/mol. The fraction of sp³-hybridized carbons (Fsp3) is 0.870. The average Bonchev–Trinajstić information content (AvgIpc) is 2.73. The fourth-order valence-corrected chi connectivity index (χ4v) is 3.09. The molecule has 7 nitrogen and oxygen atoms in total. The van der Waals surface area contributed by atoms with E-state index in [0.29, 0.717) is 12.8 Å². The van der Waals surface area contributed by atoms with Gasteiger partial charge in [-0.05, 0) is 26.2 Å². The molecular formula is C23H42N2O5. The summed E-state index contributed by atoms with van der Waals surface area (Å²) in [6.45, 7) is 7.42. The van der Waals surface area contributed by atoms with Crippen molar-refractivity contribution < 1.29 is 23.9 Å². The SMILES string of the molecule is CCCCCCC(=O)C(C)(N=N)C(COC(=O)CCCCC)OC(=O)CCCCC. The molecule has 30 heavy (non-hydrogen) atoms. The van der Waals surface area contributed by atoms with Crippen molar-refractivity contribution in [1.82, 2.24) is 0 Å². The Bertz CT molecular complexity index is 524. The van der Waals surface area contributed by atoms with Gasteiger partial charge in [-0.3, -0.25) is 14.4 Å². The summed E-state index contributed by atoms with van der Waals surface area (Å²) in [5.41, 5.74) is 6.09. The highest BCUT2D eigenvalue weighted by Gasteiger charge is 2.44. The molecule has 2 atom stereocenters. The number of rotatable bonds is 19. The van der Waals surface area contributed by atoms with Gasteiger partial charge in [0.1, 0.15) is 6.61 Å². The maximum Gasteiger partial charge on any atom is 0.306 e. The van der Waals surface area contributed by atoms with Crippen molar-refractivity contribution in [3.8, 4) is 0 Å². The molecule has 0 aliphatic rings. The number of carbonyl (C=O) groups is 3. The van der Waals surface area contributed by atoms with E-state index in [0.717, 1.165) is 51.4 Å². The van der Waals surface area contributed by atoms with Crippen LogP contribution in [0.15, 0.2) is 5.11 Å². The normalized spacial score (nSPS) is 13.9. The van der Waals surface area contributed by atoms with Crippen LogP contribution in [0.3, 0.4) is 0 Å². The number of ether oxygens (including phenoxy) is 2. The maximum atomic E-state index is 12.9. The van der Waals surface area contributed by atoms with Crippen molar-refractivity contribution in [2.45, 2.75) is 123 Å². The molecule has 2 unspecified atom stereocenters. The minimum Gasteiger partial charge on any atom is -0.462 e. The summed E-state index contributed by atoms with van der Waals surface area (Å²) in [6, 6.07) is 0. The molecule has 0 aromatic rings. The van der Waals surface area contributed by atoms with Crippen LogP contribution < -0.4 is 0 Å². The quantitative estimate of drug-likeness (QED) is 0.156. The third kappa shape index (κ3) is 11.4. The Morgan fingerprint density at radius 3 is 1.83 bits per heavy atom. The van der Waals surface area contributed by atoms with Crippen LogP contribution in [0.1, 0.15) is 111 Å². The lowest BCUT2D eigenvalue weighted by atomic mass is 9.87. The number of ketones is 1. The first-order valence-electron chi connectivity index (χ1n) is 11.6. The van der Waals surface area contributed by atoms with Crippen molar-refractivity contribution in [3.05, 3.63) is 0 Å². The zero-order valence-corrected chi connectivity index (χ0v) is 19.5. The number of Topliss-reactive ketones (excluding diaryl/α,β-unsaturated/α-hetero) is 1. The van der Waals surface area contributed by atoms with Crippen LogP contribution in [0.25, 0.3) is 0 Å². The average molecular weight is 427 g/mol. The predicted octanol–water partition coefficient (Wildman–Crippen LogP) is 5.93. The first-order valence-corrected chi connectivity index (χ1v) is 11.6. The second-order valence-electron chi connectivity index (χ2n) is 8.07. The molecule has 0 aromatic heterocycles. The van der Waals surface area contributed by atoms with E-state index in [2.05, 4.69) is 12.0 Å². The van der Waals surface area contributed by atoms with Crippen molar-refractivity contribution >= 4 is 17.7 Å². The van der Waals surface area contributed by atoms with Gasteiger partial charge in [0, 0.05) is 19.3 Å². The van der Waals surface area contributed by atoms with E-state index in [1.807, 2.05) is 13.8 Å². The Hall–Kier alpha value is -1.79. The Kier molecular flexibility index (Phi) is 15.9. The third-order valence-corrected chi connectivity index (χ3v) is 5.32. The molecule has 0 rings (SSSR count). The highest BCUT2D eigenvalue weighted by Crippen LogP contribution is 2.25. The summed E-state index contributed by atoms with van der Waals surface area (Å²) in [5, 5.41) is 3.55. The Balaban J connectivity index is 5.13. The van der Waals surface area contributed by atoms with Gasteiger partial charge < -0.3 is 9.47 Å². The van der Waals surface area contributed by atoms with Crippen LogP contribution in [-0.2, 0) is 23.9 Å². The van der Waals surface area contributed by atoms with Gasteiger partial charge in [-0.2, -0.15) is 5.11 Å². The van der Waals surface area contributed by atoms with E-state index in [1.54, 1.807) is 0 Å². The van der Waals surface area contributed by atoms with E-state index in [1.165, 1.54) is 6.92 Å². The summed E-state index contributed by atoms with van der Waals surface area (Å²) >= 11 is 0. The number of hydrogen-bond donors (Lipinski definition) is 1. The second kappa shape index (κ2) is 16.9. The molecule has 0 aromatic carbocycles. The standard InChI is InChI=1S/C23H42N2O5/c1-5-8-11-14-15-19(26)23(4,25-24)20(30-22(28)17-13-10-7-3)18-29-21(27)16-12-9-6-2/h20,24H,5-18H2,1-4H3. The minimum absolute atomic E-state index is 0.230. The molecule has 0 aliphatic carbocycles. The first-order chi connectivity index (χ1) is 14.3. The molecular weight excluding hydrogens is 384 g/mol. The number of nitrogens with one attached hydrogen (secondary N) is 1. The molecule has 0 heterocycles. The fourth-order valence-electron chi connectivity index (χ4n) is 3.09. The van der Waals surface area contributed by atoms with E-state index in [-0.39, 0.29) is 31.7 Å². The van der Waals surface area contributed by atoms with Crippen molar-refractivity contribution in [2.24, 2.45) is 5.11 Å². The van der Waals surface area contributed by atoms with E-state index in [9.17, 15) is 14.4 Å². The van der Waals surface area contributed by atoms with E-state index in [4.69, 9.17) is 15.0 Å². The number of unbranched alkanes of at least 4 members (excludes halogenated alkanes) is 7. The van der Waals surface area contributed by atoms with Crippen molar-refractivity contribution in [2.75, 3.05) is 6.61 Å². The van der Waals surface area contributed by atoms with E-state index >= 15 is 0 Å². The molecule has 0 spiro atoms. The summed E-state index contributed by atoms with van der Waals surface area (Å²) in [7, 11) is 0. The minimum atomic E-state index is -1.55. The lowest BCUT2D eigenvalue weighted by molar-refractivity contribution is -0.165. The van der Waals surface area contributed by atoms with Crippen LogP contribution in [0.5, 0.6) is 0 Å². The summed E-state index contributed by atoms with van der Waals surface area (Å²) in [4.78, 5) is 37.2. The zero-order valence-electron chi connectivity index (χ0n) is 19.5. The highest BCUT2D eigenvalue weighted by atomic mass is 16.6. The van der Waals surface area contributed by atoms with Crippen molar-refractivity contribution in [3.63, 3.8) is 0 Å². The molecule has 0 saturated heterocycles. The summed E-state index contributed by atoms with van der Waals surface area (Å²) in [6.07, 6.45) is 8.62. The summed E-state index contributed by atoms with van der Waals surface area (Å²) in [5.74, 6) is -1.11. The Morgan fingerprint density at radius 2 is 1.30 bits per heavy atom. The first kappa shape index (κ1) is 28.2. The molecule has 174 valence electrons. The Morgan fingerprint density at radius 1 is 0.800 bits per heavy atom. The van der Waals surface area contributed by atoms with Crippen LogP contribution in [-0.4, -0.2) is 36.0 Å². The molecule has 0 aliphatic heterocycles. The molecule has 0 fully saturated rings. The van der Waals surface area contributed by atoms with E-state index < -0.39 is 23.6 Å². The molecule has 7 heteroatoms. The number of hydrogen-bond acceptors (Lipinski definition) is 7. The van der Waals surface area contributed by atoms with Crippen LogP contribution in [0.2, 0.25) is 0 Å². The van der Waals surface area contributed by atoms with Gasteiger partial charge >= 0.3 is 11.9 Å².